The molecule has 3 aromatic heterocycles. The van der Waals surface area contributed by atoms with Gasteiger partial charge in [-0.05, 0) is 175 Å². The lowest BCUT2D eigenvalue weighted by Gasteiger charge is -2.35. The minimum atomic E-state index is -0.172. The lowest BCUT2D eigenvalue weighted by Crippen LogP contribution is -2.59. The van der Waals surface area contributed by atoms with Gasteiger partial charge in [0, 0.05) is 60.6 Å². The summed E-state index contributed by atoms with van der Waals surface area (Å²) >= 11 is 0. The highest BCUT2D eigenvalue weighted by molar-refractivity contribution is 7.00. The van der Waals surface area contributed by atoms with Crippen LogP contribution in [0.3, 0.4) is 0 Å². The molecule has 0 N–H and O–H groups in total. The molecule has 5 nitrogen and oxygen atoms in total. The summed E-state index contributed by atoms with van der Waals surface area (Å²) in [5, 5.41) is 5.45. The van der Waals surface area contributed by atoms with Gasteiger partial charge in [0.05, 0.1) is 11.0 Å². The van der Waals surface area contributed by atoms with Crippen molar-refractivity contribution in [1.29, 1.82) is 0 Å². The summed E-state index contributed by atoms with van der Waals surface area (Å²) in [6.07, 6.45) is 0. The topological polar surface area (TPSA) is 48.5 Å². The molecule has 0 saturated carbocycles. The Morgan fingerprint density at radius 2 is 0.527 bits per heavy atom. The lowest BCUT2D eigenvalue weighted by molar-refractivity contribution is 0.568. The van der Waals surface area contributed by atoms with Gasteiger partial charge in [-0.3, -0.25) is 0 Å². The number of benzene rings is 7. The van der Waals surface area contributed by atoms with E-state index in [9.17, 15) is 0 Å². The molecule has 6 heteroatoms. The molecule has 0 atom stereocenters. The molecule has 0 unspecified atom stereocenters. The number of hydrogen-bond donors (Lipinski definition) is 0. The van der Waals surface area contributed by atoms with Crippen LogP contribution in [0.5, 0.6) is 0 Å². The van der Waals surface area contributed by atoms with Gasteiger partial charge in [0.1, 0.15) is 0 Å². The summed E-state index contributed by atoms with van der Waals surface area (Å²) in [5.74, 6) is 2.01. The first-order valence-electron chi connectivity index (χ1n) is 34.0. The fraction of sp³-hybridized carbons (Fsp3) is 0.471. The third-order valence-corrected chi connectivity index (χ3v) is 20.3. The molecular formula is C85H106BN5. The molecule has 0 fully saturated rings. The smallest absolute Gasteiger partial charge is 0.252 e. The molecule has 0 aliphatic carbocycles. The van der Waals surface area contributed by atoms with Gasteiger partial charge >= 0.3 is 0 Å². The Morgan fingerprint density at radius 1 is 0.264 bits per heavy atom. The summed E-state index contributed by atoms with van der Waals surface area (Å²) < 4.78 is 5.45. The van der Waals surface area contributed by atoms with Gasteiger partial charge in [-0.15, -0.1) is 0 Å². The Labute approximate surface area is 547 Å². The number of rotatable bonds is 3. The van der Waals surface area contributed by atoms with Gasteiger partial charge in [-0.25, -0.2) is 15.0 Å². The quantitative estimate of drug-likeness (QED) is 0.166. The molecule has 0 bridgehead atoms. The molecule has 10 aromatic rings. The Morgan fingerprint density at radius 3 is 0.791 bits per heavy atom. The third kappa shape index (κ3) is 10.6. The fourth-order valence-electron chi connectivity index (χ4n) is 14.7. The fourth-order valence-corrected chi connectivity index (χ4v) is 14.7. The normalized spacial score (nSPS) is 14.5. The van der Waals surface area contributed by atoms with E-state index in [0.29, 0.717) is 17.5 Å². The van der Waals surface area contributed by atoms with Crippen LogP contribution in [0.1, 0.15) is 263 Å². The Kier molecular flexibility index (Phi) is 14.1. The van der Waals surface area contributed by atoms with E-state index >= 15 is 0 Å². The first-order valence-corrected chi connectivity index (χ1v) is 34.0. The number of nitrogens with zero attached hydrogens (tertiary/aromatic N) is 5. The highest BCUT2D eigenvalue weighted by Gasteiger charge is 2.45. The van der Waals surface area contributed by atoms with Crippen LogP contribution in [-0.2, 0) is 54.1 Å². The highest BCUT2D eigenvalue weighted by Crippen LogP contribution is 2.51. The van der Waals surface area contributed by atoms with Gasteiger partial charge < -0.3 is 9.13 Å². The van der Waals surface area contributed by atoms with Crippen LogP contribution < -0.4 is 16.4 Å². The van der Waals surface area contributed by atoms with Crippen LogP contribution in [0.15, 0.2) is 97.1 Å². The van der Waals surface area contributed by atoms with E-state index in [1.54, 1.807) is 0 Å². The van der Waals surface area contributed by atoms with Gasteiger partial charge in [-0.2, -0.15) is 0 Å². The van der Waals surface area contributed by atoms with E-state index in [1.165, 1.54) is 127 Å². The predicted molar refractivity (Wildman–Crippen MR) is 396 cm³/mol. The monoisotopic (exact) mass is 1210 g/mol. The average Bonchev–Trinajstić information content (AvgIpc) is 1.55. The molecule has 0 radical (unpaired) electrons. The summed E-state index contributed by atoms with van der Waals surface area (Å²) in [5.41, 5.74) is 26.3. The average molecular weight is 1210 g/mol. The van der Waals surface area contributed by atoms with E-state index in [4.69, 9.17) is 15.0 Å². The molecule has 7 aromatic carbocycles. The van der Waals surface area contributed by atoms with Crippen molar-refractivity contribution in [3.05, 3.63) is 153 Å². The maximum Gasteiger partial charge on any atom is 0.252 e. The van der Waals surface area contributed by atoms with Gasteiger partial charge in [0.2, 0.25) is 0 Å². The first kappa shape index (κ1) is 64.3. The van der Waals surface area contributed by atoms with E-state index in [1.807, 2.05) is 0 Å². The van der Waals surface area contributed by atoms with Crippen LogP contribution in [0, 0.1) is 0 Å². The molecule has 5 heterocycles. The second-order valence-corrected chi connectivity index (χ2v) is 38.1. The Bertz CT molecular complexity index is 4350. The molecule has 12 rings (SSSR count). The zero-order chi connectivity index (χ0) is 66.9. The van der Waals surface area contributed by atoms with Crippen LogP contribution in [0.2, 0.25) is 0 Å². The maximum absolute atomic E-state index is 5.87. The van der Waals surface area contributed by atoms with E-state index in [0.717, 1.165) is 16.7 Å². The van der Waals surface area contributed by atoms with Crippen molar-refractivity contribution in [2.75, 3.05) is 0 Å². The maximum atomic E-state index is 5.87. The molecule has 91 heavy (non-hydrogen) atoms. The first-order chi connectivity index (χ1) is 41.4. The number of fused-ring (bicyclic) bond motifs is 10. The molecule has 2 aliphatic rings. The summed E-state index contributed by atoms with van der Waals surface area (Å²) in [4.78, 5) is 17.4. The van der Waals surface area contributed by atoms with Crippen molar-refractivity contribution in [2.24, 2.45) is 0 Å². The van der Waals surface area contributed by atoms with Crippen molar-refractivity contribution < 1.29 is 0 Å². The lowest BCUT2D eigenvalue weighted by atomic mass is 9.34. The van der Waals surface area contributed by atoms with Crippen molar-refractivity contribution in [3.63, 3.8) is 0 Å². The zero-order valence-electron chi connectivity index (χ0n) is 61.6. The van der Waals surface area contributed by atoms with Crippen molar-refractivity contribution in [2.45, 2.75) is 262 Å². The number of hydrogen-bond acceptors (Lipinski definition) is 3. The Hall–Kier alpha value is -6.79. The van der Waals surface area contributed by atoms with E-state index in [2.05, 4.69) is 314 Å². The van der Waals surface area contributed by atoms with Crippen LogP contribution in [0.4, 0.5) is 0 Å². The molecular weight excluding hydrogens is 1100 g/mol. The van der Waals surface area contributed by atoms with Gasteiger partial charge in [0.25, 0.3) is 6.71 Å². The summed E-state index contributed by atoms with van der Waals surface area (Å²) in [7, 11) is 0. The molecule has 474 valence electrons. The van der Waals surface area contributed by atoms with E-state index in [-0.39, 0.29) is 60.9 Å². The molecule has 0 spiro atoms. The summed E-state index contributed by atoms with van der Waals surface area (Å²) in [6.45, 7) is 71.0. The van der Waals surface area contributed by atoms with Crippen molar-refractivity contribution in [1.82, 2.24) is 24.1 Å². The van der Waals surface area contributed by atoms with Crippen molar-refractivity contribution in [3.8, 4) is 45.5 Å². The SMILES string of the molecule is CC(C)(C)c1cc(-c2nc(-c3cc(C(C)(C)C)cc(C(C)(C)C)c3)nc(-c3cc4c5c(c3)-n3c6cc(C(C)(C)C)cc(C(C)(C)C)c6c6c(C(C)(C)C)ccc(c63)B5c3ccc(C(C)(C)C)c5c6c(C(C)(C)C)cc(C(C)(C)C)cc6n-4c35)n2)cc(C(C)(C)C)c1. The third-order valence-electron chi connectivity index (χ3n) is 20.3. The Balaban J connectivity index is 1.35. The minimum absolute atomic E-state index is 0.0857. The zero-order valence-corrected chi connectivity index (χ0v) is 61.6. The second kappa shape index (κ2) is 19.9. The van der Waals surface area contributed by atoms with Crippen molar-refractivity contribution >= 4 is 66.7 Å². The second-order valence-electron chi connectivity index (χ2n) is 38.1. The predicted octanol–water partition coefficient (Wildman–Crippen LogP) is 21.2. The number of aromatic nitrogens is 5. The van der Waals surface area contributed by atoms with Gasteiger partial charge in [-0.1, -0.05) is 256 Å². The van der Waals surface area contributed by atoms with Gasteiger partial charge in [0.15, 0.2) is 17.5 Å². The minimum Gasteiger partial charge on any atom is -0.310 e. The van der Waals surface area contributed by atoms with Crippen LogP contribution >= 0.6 is 0 Å². The molecule has 0 amide bonds. The highest BCUT2D eigenvalue weighted by atomic mass is 15.1. The largest absolute Gasteiger partial charge is 0.310 e. The van der Waals surface area contributed by atoms with E-state index < -0.39 is 0 Å². The standard InChI is InChI=1S/C85H106BN5/c1-76(2,3)50-35-47(36-51(41-50)77(4,5)6)73-87-74(48-37-52(78(7,8)9)42-53(38-48)79(10,11)12)89-75(88-73)49-39-64-70-65(40-49)91-63-46-55(81(16,17)18)44-59(85(28,29)30)67(63)69-57(83(22,23)24)32-34-61(72(69)91)86(70)60-33-31-56(82(19,20)21)68-66-58(84(25,26)27)43-54(80(13,14)15)45-62(66)90(64)71(60)68/h31-46H,1-30H3. The summed E-state index contributed by atoms with van der Waals surface area (Å²) in [6, 6.07) is 39.5. The molecule has 2 aliphatic heterocycles. The molecule has 0 saturated heterocycles. The van der Waals surface area contributed by atoms with Crippen LogP contribution in [-0.4, -0.2) is 30.8 Å². The van der Waals surface area contributed by atoms with Crippen LogP contribution in [0.25, 0.3) is 89.2 Å².